The maximum Gasteiger partial charge on any atom is 0.413 e. The SMILES string of the molecule is C=C(/C(O)=C\C=C(/C)Oc1ccnc2c1COC(=O)N2)[C@@H]1[C@@H]2C[C@@]12NC(=O)Nc1cc(F)c(F)cc1F. The normalized spacial score (nSPS) is 23.6. The van der Waals surface area contributed by atoms with Crippen molar-refractivity contribution in [1.82, 2.24) is 10.3 Å². The van der Waals surface area contributed by atoms with Gasteiger partial charge in [-0.15, -0.1) is 0 Å². The third-order valence-electron chi connectivity index (χ3n) is 6.54. The monoisotopic (exact) mass is 514 g/mol. The van der Waals surface area contributed by atoms with Gasteiger partial charge in [-0.1, -0.05) is 6.58 Å². The van der Waals surface area contributed by atoms with Crippen LogP contribution in [0.5, 0.6) is 5.75 Å². The van der Waals surface area contributed by atoms with Crippen LogP contribution in [-0.2, 0) is 11.3 Å². The van der Waals surface area contributed by atoms with Gasteiger partial charge in [-0.2, -0.15) is 0 Å². The minimum absolute atomic E-state index is 0.00395. The van der Waals surface area contributed by atoms with E-state index >= 15 is 0 Å². The molecule has 0 unspecified atom stereocenters. The highest BCUT2D eigenvalue weighted by Gasteiger charge is 2.80. The predicted molar refractivity (Wildman–Crippen MR) is 125 cm³/mol. The van der Waals surface area contributed by atoms with Crippen LogP contribution < -0.4 is 20.7 Å². The molecule has 9 nitrogen and oxygen atoms in total. The van der Waals surface area contributed by atoms with Gasteiger partial charge in [0.1, 0.15) is 35.5 Å². The first-order chi connectivity index (χ1) is 17.6. The number of carbonyl (C=O) groups excluding carboxylic acids is 2. The molecule has 0 spiro atoms. The number of carbonyl (C=O) groups is 2. The Labute approximate surface area is 208 Å². The zero-order chi connectivity index (χ0) is 26.5. The number of rotatable bonds is 7. The number of fused-ring (bicyclic) bond motifs is 2. The van der Waals surface area contributed by atoms with Crippen LogP contribution in [0.1, 0.15) is 18.9 Å². The van der Waals surface area contributed by atoms with E-state index in [1.165, 1.54) is 18.3 Å². The van der Waals surface area contributed by atoms with Crippen LogP contribution in [0.2, 0.25) is 0 Å². The molecule has 3 aliphatic rings. The number of aliphatic hydroxyl groups excluding tert-OH is 1. The number of amides is 3. The molecule has 3 amide bonds. The van der Waals surface area contributed by atoms with Gasteiger partial charge in [0.05, 0.1) is 16.8 Å². The predicted octanol–water partition coefficient (Wildman–Crippen LogP) is 5.05. The van der Waals surface area contributed by atoms with Crippen molar-refractivity contribution < 1.29 is 37.3 Å². The summed E-state index contributed by atoms with van der Waals surface area (Å²) in [5, 5.41) is 17.9. The molecule has 2 heterocycles. The largest absolute Gasteiger partial charge is 0.508 e. The quantitative estimate of drug-likeness (QED) is 0.233. The number of hydrogen-bond acceptors (Lipinski definition) is 6. The Morgan fingerprint density at radius 3 is 2.81 bits per heavy atom. The fourth-order valence-electron chi connectivity index (χ4n) is 4.42. The number of hydrogen-bond donors (Lipinski definition) is 4. The van der Waals surface area contributed by atoms with E-state index in [2.05, 4.69) is 27.5 Å². The zero-order valence-corrected chi connectivity index (χ0v) is 19.4. The van der Waals surface area contributed by atoms with Crippen molar-refractivity contribution >= 4 is 23.6 Å². The van der Waals surface area contributed by atoms with Gasteiger partial charge in [-0.25, -0.2) is 27.7 Å². The zero-order valence-electron chi connectivity index (χ0n) is 19.4. The van der Waals surface area contributed by atoms with Crippen molar-refractivity contribution in [3.8, 4) is 5.75 Å². The number of allylic oxidation sites excluding steroid dienone is 4. The molecule has 37 heavy (non-hydrogen) atoms. The number of cyclic esters (lactones) is 1. The standard InChI is InChI=1S/C25H21F3N4O5/c1-11(37-20-5-6-29-22-13(20)10-36-24(35)31-22)3-4-19(33)12(2)21-14-9-25(14,21)32-23(34)30-18-8-16(27)15(26)7-17(18)28/h3-8,14,21,33H,2,9-10H2,1H3,(H,29,31,35)(H2,30,32,34)/b11-3+,19-4+/t14-,21+,25-/m0/s1. The Kier molecular flexibility index (Phi) is 5.81. The highest BCUT2D eigenvalue weighted by Crippen LogP contribution is 2.74. The number of pyridine rings is 1. The third kappa shape index (κ3) is 4.57. The Bertz CT molecular complexity index is 1410. The Morgan fingerprint density at radius 1 is 1.30 bits per heavy atom. The Hall–Kier alpha value is -4.48. The van der Waals surface area contributed by atoms with E-state index in [0.29, 0.717) is 47.0 Å². The Balaban J connectivity index is 1.19. The van der Waals surface area contributed by atoms with Crippen molar-refractivity contribution in [3.63, 3.8) is 0 Å². The number of urea groups is 1. The maximum atomic E-state index is 13.8. The lowest BCUT2D eigenvalue weighted by molar-refractivity contribution is 0.149. The second-order valence-corrected chi connectivity index (χ2v) is 8.95. The van der Waals surface area contributed by atoms with Gasteiger partial charge in [-0.05, 0) is 43.1 Å². The lowest BCUT2D eigenvalue weighted by Crippen LogP contribution is -2.37. The number of nitrogens with zero attached hydrogens (tertiary/aromatic N) is 1. The minimum atomic E-state index is -1.36. The van der Waals surface area contributed by atoms with Gasteiger partial charge in [0, 0.05) is 24.2 Å². The van der Waals surface area contributed by atoms with Gasteiger partial charge >= 0.3 is 12.1 Å². The first kappa shape index (κ1) is 24.2. The van der Waals surface area contributed by atoms with Crippen molar-refractivity contribution in [3.05, 3.63) is 83.2 Å². The van der Waals surface area contributed by atoms with Crippen LogP contribution in [0.15, 0.2) is 60.2 Å². The molecule has 2 saturated carbocycles. The molecule has 192 valence electrons. The van der Waals surface area contributed by atoms with Gasteiger partial charge in [0.2, 0.25) is 0 Å². The van der Waals surface area contributed by atoms with Crippen LogP contribution in [0.25, 0.3) is 0 Å². The van der Waals surface area contributed by atoms with Gasteiger partial charge in [-0.3, -0.25) is 5.32 Å². The number of aromatic nitrogens is 1. The lowest BCUT2D eigenvalue weighted by atomic mass is 10.0. The summed E-state index contributed by atoms with van der Waals surface area (Å²) in [7, 11) is 0. The molecular formula is C25H21F3N4O5. The van der Waals surface area contributed by atoms with Crippen LogP contribution in [0, 0.1) is 29.3 Å². The summed E-state index contributed by atoms with van der Waals surface area (Å²) in [5.74, 6) is -2.85. The summed E-state index contributed by atoms with van der Waals surface area (Å²) in [6.45, 7) is 5.59. The average molecular weight is 514 g/mol. The van der Waals surface area contributed by atoms with Gasteiger partial charge < -0.3 is 25.2 Å². The molecule has 2 aromatic rings. The molecule has 1 aromatic heterocycles. The van der Waals surface area contributed by atoms with E-state index in [9.17, 15) is 27.9 Å². The van der Waals surface area contributed by atoms with E-state index in [-0.39, 0.29) is 24.2 Å². The number of nitrogens with one attached hydrogen (secondary N) is 3. The summed E-state index contributed by atoms with van der Waals surface area (Å²) in [5.41, 5.74) is -0.153. The van der Waals surface area contributed by atoms with E-state index < -0.39 is 40.8 Å². The van der Waals surface area contributed by atoms with Crippen molar-refractivity contribution in [2.75, 3.05) is 10.6 Å². The molecule has 0 radical (unpaired) electrons. The van der Waals surface area contributed by atoms with Gasteiger partial charge in [0.15, 0.2) is 11.6 Å². The first-order valence-corrected chi connectivity index (χ1v) is 11.2. The number of aliphatic hydroxyl groups is 1. The molecule has 4 N–H and O–H groups in total. The van der Waals surface area contributed by atoms with E-state index in [0.717, 1.165) is 0 Å². The van der Waals surface area contributed by atoms with Crippen molar-refractivity contribution in [1.29, 1.82) is 0 Å². The minimum Gasteiger partial charge on any atom is -0.508 e. The highest BCUT2D eigenvalue weighted by molar-refractivity contribution is 5.91. The molecule has 0 bridgehead atoms. The lowest BCUT2D eigenvalue weighted by Gasteiger charge is -2.19. The van der Waals surface area contributed by atoms with E-state index in [4.69, 9.17) is 9.47 Å². The molecule has 12 heteroatoms. The van der Waals surface area contributed by atoms with Crippen molar-refractivity contribution in [2.45, 2.75) is 25.5 Å². The summed E-state index contributed by atoms with van der Waals surface area (Å²) in [6, 6.07) is 1.74. The molecule has 2 fully saturated rings. The van der Waals surface area contributed by atoms with Crippen LogP contribution >= 0.6 is 0 Å². The second kappa shape index (κ2) is 8.87. The summed E-state index contributed by atoms with van der Waals surface area (Å²) in [6.07, 6.45) is 4.45. The highest BCUT2D eigenvalue weighted by atomic mass is 19.2. The average Bonchev–Trinajstić information content (AvgIpc) is 3.70. The topological polar surface area (TPSA) is 122 Å². The number of anilines is 2. The second-order valence-electron chi connectivity index (χ2n) is 8.95. The van der Waals surface area contributed by atoms with Crippen LogP contribution in [-0.4, -0.2) is 27.8 Å². The molecule has 1 aromatic carbocycles. The summed E-state index contributed by atoms with van der Waals surface area (Å²) in [4.78, 5) is 27.7. The molecule has 0 saturated heterocycles. The van der Waals surface area contributed by atoms with Gasteiger partial charge in [0.25, 0.3) is 0 Å². The van der Waals surface area contributed by atoms with Crippen LogP contribution in [0.3, 0.4) is 0 Å². The fraction of sp³-hybridized carbons (Fsp3) is 0.240. The molecule has 3 atom stereocenters. The maximum absolute atomic E-state index is 13.8. The Morgan fingerprint density at radius 2 is 2.05 bits per heavy atom. The molecule has 2 aliphatic carbocycles. The van der Waals surface area contributed by atoms with E-state index in [1.54, 1.807) is 13.0 Å². The summed E-state index contributed by atoms with van der Waals surface area (Å²) < 4.78 is 51.0. The number of benzene rings is 1. The molecular weight excluding hydrogens is 493 g/mol. The van der Waals surface area contributed by atoms with Crippen LogP contribution in [0.4, 0.5) is 34.3 Å². The first-order valence-electron chi connectivity index (χ1n) is 11.2. The van der Waals surface area contributed by atoms with Crippen molar-refractivity contribution in [2.24, 2.45) is 11.8 Å². The molecule has 5 rings (SSSR count). The number of halogens is 3. The third-order valence-corrected chi connectivity index (χ3v) is 6.54. The molecule has 1 aliphatic heterocycles. The smallest absolute Gasteiger partial charge is 0.413 e. The summed E-state index contributed by atoms with van der Waals surface area (Å²) >= 11 is 0. The fourth-order valence-corrected chi connectivity index (χ4v) is 4.42. The number of ether oxygens (including phenoxy) is 2. The van der Waals surface area contributed by atoms with E-state index in [1.807, 2.05) is 0 Å².